The van der Waals surface area contributed by atoms with Crippen molar-refractivity contribution >= 4 is 0 Å². The predicted molar refractivity (Wildman–Crippen MR) is 125 cm³/mol. The minimum atomic E-state index is 0.487. The van der Waals surface area contributed by atoms with Gasteiger partial charge in [-0.15, -0.1) is 6.58 Å². The van der Waals surface area contributed by atoms with Crippen LogP contribution in [0.4, 0.5) is 0 Å². The van der Waals surface area contributed by atoms with Gasteiger partial charge in [-0.2, -0.15) is 0 Å². The van der Waals surface area contributed by atoms with Crippen molar-refractivity contribution in [3.63, 3.8) is 0 Å². The highest BCUT2D eigenvalue weighted by Crippen LogP contribution is 2.47. The first-order valence-corrected chi connectivity index (χ1v) is 12.7. The molecule has 0 spiro atoms. The molecule has 0 radical (unpaired) electrons. The fourth-order valence-electron chi connectivity index (χ4n) is 6.46. The van der Waals surface area contributed by atoms with Crippen molar-refractivity contribution in [3.05, 3.63) is 42.0 Å². The van der Waals surface area contributed by atoms with E-state index < -0.39 is 0 Å². The topological polar surface area (TPSA) is 18.5 Å². The number of unbranched alkanes of at least 4 members (excludes halogenated alkanes) is 2. The van der Waals surface area contributed by atoms with Gasteiger partial charge in [0.1, 0.15) is 5.75 Å². The largest absolute Gasteiger partial charge is 0.494 e. The molecule has 2 fully saturated rings. The molecule has 2 saturated carbocycles. The fourth-order valence-corrected chi connectivity index (χ4v) is 6.46. The molecule has 166 valence electrons. The molecule has 0 saturated heterocycles. The molecule has 0 N–H and O–H groups in total. The molecule has 0 amide bonds. The van der Waals surface area contributed by atoms with Gasteiger partial charge >= 0.3 is 0 Å². The van der Waals surface area contributed by atoms with Crippen LogP contribution < -0.4 is 4.74 Å². The zero-order chi connectivity index (χ0) is 20.8. The van der Waals surface area contributed by atoms with Crippen LogP contribution in [0, 0.1) is 23.7 Å². The summed E-state index contributed by atoms with van der Waals surface area (Å²) in [6, 6.07) is 6.91. The average Bonchev–Trinajstić information content (AvgIpc) is 2.79. The van der Waals surface area contributed by atoms with Gasteiger partial charge < -0.3 is 9.47 Å². The van der Waals surface area contributed by atoms with E-state index in [1.165, 1.54) is 77.0 Å². The van der Waals surface area contributed by atoms with Crippen molar-refractivity contribution in [2.75, 3.05) is 13.2 Å². The summed E-state index contributed by atoms with van der Waals surface area (Å²) in [5.74, 6) is 4.78. The highest BCUT2D eigenvalue weighted by Gasteiger charge is 2.38. The fraction of sp³-hybridized carbons (Fsp3) is 0.714. The molecule has 3 aliphatic rings. The van der Waals surface area contributed by atoms with Crippen LogP contribution in [-0.4, -0.2) is 19.3 Å². The lowest BCUT2D eigenvalue weighted by Gasteiger charge is -2.44. The first kappa shape index (κ1) is 21.9. The number of hydrogen-bond acceptors (Lipinski definition) is 2. The molecule has 1 aromatic carbocycles. The second-order valence-electron chi connectivity index (χ2n) is 10.1. The second-order valence-corrected chi connectivity index (χ2v) is 10.1. The average molecular weight is 411 g/mol. The van der Waals surface area contributed by atoms with Gasteiger partial charge in [0.15, 0.2) is 0 Å². The zero-order valence-corrected chi connectivity index (χ0v) is 19.1. The Hall–Kier alpha value is -1.28. The lowest BCUT2D eigenvalue weighted by molar-refractivity contribution is -0.0137. The summed E-state index contributed by atoms with van der Waals surface area (Å²) in [6.07, 6.45) is 18.2. The Morgan fingerprint density at radius 1 is 0.933 bits per heavy atom. The minimum absolute atomic E-state index is 0.487. The molecule has 0 aromatic heterocycles. The maximum Gasteiger partial charge on any atom is 0.119 e. The molecule has 0 heterocycles. The predicted octanol–water partition coefficient (Wildman–Crippen LogP) is 7.15. The highest BCUT2D eigenvalue weighted by atomic mass is 16.5. The van der Waals surface area contributed by atoms with E-state index in [2.05, 4.69) is 31.7 Å². The molecule has 0 aliphatic heterocycles. The van der Waals surface area contributed by atoms with Crippen molar-refractivity contribution in [1.29, 1.82) is 0 Å². The summed E-state index contributed by atoms with van der Waals surface area (Å²) in [5.41, 5.74) is 3.14. The van der Waals surface area contributed by atoms with Gasteiger partial charge in [0.25, 0.3) is 0 Å². The van der Waals surface area contributed by atoms with Crippen molar-refractivity contribution in [1.82, 2.24) is 0 Å². The smallest absolute Gasteiger partial charge is 0.119 e. The lowest BCUT2D eigenvalue weighted by Crippen LogP contribution is -2.37. The zero-order valence-electron chi connectivity index (χ0n) is 19.1. The molecule has 1 aromatic rings. The molecule has 2 nitrogen and oxygen atoms in total. The quantitative estimate of drug-likeness (QED) is 0.318. The number of rotatable bonds is 9. The van der Waals surface area contributed by atoms with E-state index in [0.717, 1.165) is 42.6 Å². The summed E-state index contributed by atoms with van der Waals surface area (Å²) >= 11 is 0. The SMILES string of the molecule is C=CCOC1CCC2CC(C3CCc4cc(OCCCCC)ccc4C3)CCC2C1. The van der Waals surface area contributed by atoms with Gasteiger partial charge in [-0.05, 0) is 111 Å². The second kappa shape index (κ2) is 10.8. The third-order valence-electron chi connectivity index (χ3n) is 8.18. The Morgan fingerprint density at radius 2 is 1.73 bits per heavy atom. The van der Waals surface area contributed by atoms with Crippen LogP contribution >= 0.6 is 0 Å². The van der Waals surface area contributed by atoms with Gasteiger partial charge in [0.2, 0.25) is 0 Å². The van der Waals surface area contributed by atoms with Crippen LogP contribution in [0.5, 0.6) is 5.75 Å². The number of hydrogen-bond donors (Lipinski definition) is 0. The minimum Gasteiger partial charge on any atom is -0.494 e. The van der Waals surface area contributed by atoms with Crippen molar-refractivity contribution in [2.24, 2.45) is 23.7 Å². The number of benzene rings is 1. The molecule has 3 aliphatic carbocycles. The van der Waals surface area contributed by atoms with Gasteiger partial charge in [-0.25, -0.2) is 0 Å². The molecule has 4 rings (SSSR count). The van der Waals surface area contributed by atoms with E-state index in [-0.39, 0.29) is 0 Å². The molecule has 2 heteroatoms. The van der Waals surface area contributed by atoms with Crippen LogP contribution in [0.1, 0.15) is 82.3 Å². The molecule has 5 unspecified atom stereocenters. The maximum atomic E-state index is 5.99. The highest BCUT2D eigenvalue weighted by molar-refractivity contribution is 5.37. The summed E-state index contributed by atoms with van der Waals surface area (Å²) < 4.78 is 12.0. The molecule has 5 atom stereocenters. The summed E-state index contributed by atoms with van der Waals surface area (Å²) in [7, 11) is 0. The number of ether oxygens (including phenoxy) is 2. The van der Waals surface area contributed by atoms with Crippen LogP contribution in [0.3, 0.4) is 0 Å². The maximum absolute atomic E-state index is 5.99. The van der Waals surface area contributed by atoms with Gasteiger partial charge in [0.05, 0.1) is 19.3 Å². The Kier molecular flexibility index (Phi) is 7.93. The van der Waals surface area contributed by atoms with Crippen LogP contribution in [0.25, 0.3) is 0 Å². The first-order valence-electron chi connectivity index (χ1n) is 12.7. The first-order chi connectivity index (χ1) is 14.8. The van der Waals surface area contributed by atoms with E-state index in [4.69, 9.17) is 9.47 Å². The Morgan fingerprint density at radius 3 is 2.57 bits per heavy atom. The van der Waals surface area contributed by atoms with E-state index >= 15 is 0 Å². The Bertz CT molecular complexity index is 681. The Labute approximate surface area is 184 Å². The number of fused-ring (bicyclic) bond motifs is 2. The van der Waals surface area contributed by atoms with Crippen LogP contribution in [0.15, 0.2) is 30.9 Å². The van der Waals surface area contributed by atoms with E-state index in [0.29, 0.717) is 6.10 Å². The third kappa shape index (κ3) is 5.49. The molecular weight excluding hydrogens is 368 g/mol. The van der Waals surface area contributed by atoms with E-state index in [9.17, 15) is 0 Å². The van der Waals surface area contributed by atoms with Crippen molar-refractivity contribution in [3.8, 4) is 5.75 Å². The summed E-state index contributed by atoms with van der Waals surface area (Å²) in [5, 5.41) is 0. The lowest BCUT2D eigenvalue weighted by atomic mass is 9.62. The van der Waals surface area contributed by atoms with Crippen LogP contribution in [-0.2, 0) is 17.6 Å². The Balaban J connectivity index is 1.28. The number of aryl methyl sites for hydroxylation is 1. The monoisotopic (exact) mass is 410 g/mol. The van der Waals surface area contributed by atoms with E-state index in [1.54, 1.807) is 11.1 Å². The van der Waals surface area contributed by atoms with Crippen LogP contribution in [0.2, 0.25) is 0 Å². The van der Waals surface area contributed by atoms with E-state index in [1.807, 2.05) is 6.08 Å². The van der Waals surface area contributed by atoms with Gasteiger partial charge in [0, 0.05) is 0 Å². The summed E-state index contributed by atoms with van der Waals surface area (Å²) in [6.45, 7) is 7.62. The van der Waals surface area contributed by atoms with Gasteiger partial charge in [-0.3, -0.25) is 0 Å². The van der Waals surface area contributed by atoms with Crippen molar-refractivity contribution < 1.29 is 9.47 Å². The van der Waals surface area contributed by atoms with Gasteiger partial charge in [-0.1, -0.05) is 31.9 Å². The third-order valence-corrected chi connectivity index (χ3v) is 8.18. The normalized spacial score (nSPS) is 30.9. The molecule has 0 bridgehead atoms. The van der Waals surface area contributed by atoms with Crippen molar-refractivity contribution in [2.45, 2.75) is 90.1 Å². The molecular formula is C28H42O2. The summed E-state index contributed by atoms with van der Waals surface area (Å²) in [4.78, 5) is 0. The molecule has 30 heavy (non-hydrogen) atoms. The standard InChI is InChI=1S/C28H42O2/c1-3-5-6-16-30-28-14-12-24-18-22(8-10-26(24)20-28)21-7-9-25-19-27(29-15-4-2)13-11-23(25)17-21/h4,12,14,20-23,25,27H,2-3,5-11,13,15-19H2,1H3.